The number of aliphatic hydroxyl groups is 1. The number of piperidine rings is 1. The molecule has 0 unspecified atom stereocenters. The maximum Gasteiger partial charge on any atom is 0.289 e. The van der Waals surface area contributed by atoms with E-state index in [-0.39, 0.29) is 12.0 Å². The van der Waals surface area contributed by atoms with Crippen LogP contribution in [0.15, 0.2) is 21.6 Å². The lowest BCUT2D eigenvalue weighted by atomic mass is 10.1. The van der Waals surface area contributed by atoms with Gasteiger partial charge in [-0.15, -0.1) is 0 Å². The lowest BCUT2D eigenvalue weighted by Gasteiger charge is -2.28. The fraction of sp³-hybridized carbons (Fsp3) is 0.545. The lowest BCUT2D eigenvalue weighted by Crippen LogP contribution is -2.39. The number of likely N-dealkylation sites (tertiary alicyclic amines) is 1. The van der Waals surface area contributed by atoms with Crippen LogP contribution in [0.4, 0.5) is 0 Å². The molecule has 1 aromatic heterocycles. The summed E-state index contributed by atoms with van der Waals surface area (Å²) < 4.78 is 5.38. The van der Waals surface area contributed by atoms with Gasteiger partial charge in [0.2, 0.25) is 0 Å². The Labute approximate surface area is 98.6 Å². The second kappa shape index (κ2) is 4.93. The van der Waals surface area contributed by atoms with Crippen LogP contribution in [0.2, 0.25) is 0 Å². The number of aliphatic hydroxyl groups excluding tert-OH is 1. The first-order valence-corrected chi connectivity index (χ1v) is 6.54. The van der Waals surface area contributed by atoms with Crippen molar-refractivity contribution in [1.29, 1.82) is 0 Å². The molecule has 0 saturated carbocycles. The third-order valence-electron chi connectivity index (χ3n) is 2.75. The average molecular weight is 241 g/mol. The molecule has 0 aliphatic carbocycles. The van der Waals surface area contributed by atoms with Gasteiger partial charge < -0.3 is 14.4 Å². The SMILES string of the molecule is CSc1ccc(C(=O)N2CCC(O)CC2)o1. The van der Waals surface area contributed by atoms with Crippen LogP contribution in [0.1, 0.15) is 23.4 Å². The standard InChI is InChI=1S/C11H15NO3S/c1-16-10-3-2-9(15-10)11(14)12-6-4-8(13)5-7-12/h2-3,8,13H,4-7H2,1H3. The first-order chi connectivity index (χ1) is 7.70. The molecule has 88 valence electrons. The molecule has 1 fully saturated rings. The van der Waals surface area contributed by atoms with Crippen molar-refractivity contribution in [2.75, 3.05) is 19.3 Å². The lowest BCUT2D eigenvalue weighted by molar-refractivity contribution is 0.0515. The van der Waals surface area contributed by atoms with Crippen LogP contribution in [-0.2, 0) is 0 Å². The summed E-state index contributed by atoms with van der Waals surface area (Å²) in [5.74, 6) is 0.313. The highest BCUT2D eigenvalue weighted by Gasteiger charge is 2.24. The summed E-state index contributed by atoms with van der Waals surface area (Å²) in [5.41, 5.74) is 0. The minimum Gasteiger partial charge on any atom is -0.445 e. The molecule has 0 spiro atoms. The summed E-state index contributed by atoms with van der Waals surface area (Å²) in [4.78, 5) is 13.7. The highest BCUT2D eigenvalue weighted by atomic mass is 32.2. The zero-order chi connectivity index (χ0) is 11.5. The van der Waals surface area contributed by atoms with E-state index in [0.717, 1.165) is 5.09 Å². The van der Waals surface area contributed by atoms with E-state index >= 15 is 0 Å². The first kappa shape index (κ1) is 11.5. The van der Waals surface area contributed by atoms with Gasteiger partial charge in [-0.05, 0) is 31.2 Å². The number of carbonyl (C=O) groups is 1. The summed E-state index contributed by atoms with van der Waals surface area (Å²) in [5, 5.41) is 10.1. The fourth-order valence-electron chi connectivity index (χ4n) is 1.77. The van der Waals surface area contributed by atoms with Gasteiger partial charge in [0.15, 0.2) is 10.9 Å². The van der Waals surface area contributed by atoms with Gasteiger partial charge >= 0.3 is 0 Å². The van der Waals surface area contributed by atoms with Crippen LogP contribution in [0.5, 0.6) is 0 Å². The molecule has 0 bridgehead atoms. The minimum atomic E-state index is -0.262. The predicted molar refractivity (Wildman–Crippen MR) is 61.6 cm³/mol. The molecule has 16 heavy (non-hydrogen) atoms. The molecular formula is C11H15NO3S. The van der Waals surface area contributed by atoms with Gasteiger partial charge in [-0.3, -0.25) is 4.79 Å². The normalized spacial score (nSPS) is 17.8. The van der Waals surface area contributed by atoms with Crippen molar-refractivity contribution in [2.45, 2.75) is 24.0 Å². The average Bonchev–Trinajstić information content (AvgIpc) is 2.77. The van der Waals surface area contributed by atoms with E-state index in [1.807, 2.05) is 6.26 Å². The van der Waals surface area contributed by atoms with Crippen molar-refractivity contribution in [3.8, 4) is 0 Å². The highest BCUT2D eigenvalue weighted by Crippen LogP contribution is 2.20. The van der Waals surface area contributed by atoms with Crippen molar-refractivity contribution in [2.24, 2.45) is 0 Å². The molecule has 2 rings (SSSR count). The molecule has 0 aromatic carbocycles. The summed E-state index contributed by atoms with van der Waals surface area (Å²) in [7, 11) is 0. The maximum atomic E-state index is 12.0. The third kappa shape index (κ3) is 2.41. The van der Waals surface area contributed by atoms with E-state index < -0.39 is 0 Å². The second-order valence-electron chi connectivity index (χ2n) is 3.85. The highest BCUT2D eigenvalue weighted by molar-refractivity contribution is 7.98. The third-order valence-corrected chi connectivity index (χ3v) is 3.37. The van der Waals surface area contributed by atoms with Gasteiger partial charge in [-0.25, -0.2) is 0 Å². The molecule has 4 nitrogen and oxygen atoms in total. The van der Waals surface area contributed by atoms with E-state index in [4.69, 9.17) is 4.42 Å². The number of amides is 1. The summed E-state index contributed by atoms with van der Waals surface area (Å²) in [6.07, 6.45) is 2.95. The van der Waals surface area contributed by atoms with Crippen molar-refractivity contribution in [3.63, 3.8) is 0 Å². The minimum absolute atomic E-state index is 0.0767. The van der Waals surface area contributed by atoms with Gasteiger partial charge in [0.1, 0.15) is 0 Å². The van der Waals surface area contributed by atoms with Crippen molar-refractivity contribution in [3.05, 3.63) is 17.9 Å². The van der Waals surface area contributed by atoms with Crippen molar-refractivity contribution in [1.82, 2.24) is 4.90 Å². The van der Waals surface area contributed by atoms with E-state index in [2.05, 4.69) is 0 Å². The molecular weight excluding hydrogens is 226 g/mol. The molecule has 1 saturated heterocycles. The zero-order valence-electron chi connectivity index (χ0n) is 9.18. The van der Waals surface area contributed by atoms with Crippen LogP contribution in [0.3, 0.4) is 0 Å². The quantitative estimate of drug-likeness (QED) is 0.799. The van der Waals surface area contributed by atoms with Gasteiger partial charge in [-0.1, -0.05) is 11.8 Å². The van der Waals surface area contributed by atoms with Crippen LogP contribution < -0.4 is 0 Å². The number of thioether (sulfide) groups is 1. The summed E-state index contributed by atoms with van der Waals surface area (Å²) in [6.45, 7) is 1.21. The van der Waals surface area contributed by atoms with Gasteiger partial charge in [0, 0.05) is 13.1 Å². The van der Waals surface area contributed by atoms with Crippen LogP contribution in [-0.4, -0.2) is 41.4 Å². The van der Waals surface area contributed by atoms with Crippen LogP contribution in [0.25, 0.3) is 0 Å². The molecule has 0 radical (unpaired) electrons. The molecule has 2 heterocycles. The Morgan fingerprint density at radius 3 is 2.75 bits per heavy atom. The van der Waals surface area contributed by atoms with Gasteiger partial charge in [-0.2, -0.15) is 0 Å². The van der Waals surface area contributed by atoms with E-state index in [1.54, 1.807) is 17.0 Å². The number of nitrogens with zero attached hydrogens (tertiary/aromatic N) is 1. The van der Waals surface area contributed by atoms with Crippen LogP contribution >= 0.6 is 11.8 Å². The Kier molecular flexibility index (Phi) is 3.56. The Bertz CT molecular complexity index is 369. The molecule has 1 aliphatic rings. The smallest absolute Gasteiger partial charge is 0.289 e. The van der Waals surface area contributed by atoms with Gasteiger partial charge in [0.25, 0.3) is 5.91 Å². The Balaban J connectivity index is 2.01. The molecule has 5 heteroatoms. The Hall–Kier alpha value is -0.940. The predicted octanol–water partition coefficient (Wildman–Crippen LogP) is 1.60. The first-order valence-electron chi connectivity index (χ1n) is 5.32. The maximum absolute atomic E-state index is 12.0. The number of carbonyl (C=O) groups excluding carboxylic acids is 1. The molecule has 1 amide bonds. The zero-order valence-corrected chi connectivity index (χ0v) is 10.00. The monoisotopic (exact) mass is 241 g/mol. The molecule has 1 aliphatic heterocycles. The van der Waals surface area contributed by atoms with Crippen molar-refractivity contribution >= 4 is 17.7 Å². The van der Waals surface area contributed by atoms with Crippen molar-refractivity contribution < 1.29 is 14.3 Å². The van der Waals surface area contributed by atoms with E-state index in [0.29, 0.717) is 31.7 Å². The van der Waals surface area contributed by atoms with E-state index in [9.17, 15) is 9.90 Å². The topological polar surface area (TPSA) is 53.7 Å². The number of furan rings is 1. The number of hydrogen-bond acceptors (Lipinski definition) is 4. The Morgan fingerprint density at radius 1 is 1.50 bits per heavy atom. The summed E-state index contributed by atoms with van der Waals surface area (Å²) in [6, 6.07) is 3.51. The number of hydrogen-bond donors (Lipinski definition) is 1. The Morgan fingerprint density at radius 2 is 2.19 bits per heavy atom. The van der Waals surface area contributed by atoms with E-state index in [1.165, 1.54) is 11.8 Å². The fourth-order valence-corrected chi connectivity index (χ4v) is 2.15. The molecule has 1 aromatic rings. The van der Waals surface area contributed by atoms with Crippen LogP contribution in [0, 0.1) is 0 Å². The molecule has 1 N–H and O–H groups in total. The summed E-state index contributed by atoms with van der Waals surface area (Å²) >= 11 is 1.48. The van der Waals surface area contributed by atoms with Gasteiger partial charge in [0.05, 0.1) is 6.10 Å². The number of rotatable bonds is 2. The largest absolute Gasteiger partial charge is 0.445 e. The molecule has 0 atom stereocenters. The second-order valence-corrected chi connectivity index (χ2v) is 4.66.